The Hall–Kier alpha value is -7.08. The Bertz CT molecular complexity index is 2710. The first-order chi connectivity index (χ1) is 29.5. The molecule has 8 rings (SSSR count). The van der Waals surface area contributed by atoms with Gasteiger partial charge >= 0.3 is 35.9 Å². The first-order valence-corrected chi connectivity index (χ1v) is 18.2. The van der Waals surface area contributed by atoms with Crippen LogP contribution in [0.4, 0.5) is 39.5 Å². The number of aryl methyl sites for hydroxylation is 3. The molecular weight excluding hydrogens is 870 g/mol. The van der Waals surface area contributed by atoms with Crippen molar-refractivity contribution in [2.75, 3.05) is 0 Å². The van der Waals surface area contributed by atoms with Gasteiger partial charge in [0.1, 0.15) is 11.3 Å². The number of nitrogens with zero attached hydrogens (tertiary/aromatic N) is 4. The first kappa shape index (κ1) is 49.6. The predicted octanol–water partition coefficient (Wildman–Crippen LogP) is 10.5. The number of pyridine rings is 3. The molecule has 3 heterocycles. The molecule has 0 unspecified atom stereocenters. The van der Waals surface area contributed by atoms with Crippen LogP contribution >= 0.6 is 0 Å². The fourth-order valence-corrected chi connectivity index (χ4v) is 6.01. The predicted molar refractivity (Wildman–Crippen MR) is 217 cm³/mol. The van der Waals surface area contributed by atoms with Crippen LogP contribution in [0.3, 0.4) is 0 Å². The van der Waals surface area contributed by atoms with E-state index in [-0.39, 0.29) is 61.6 Å². The summed E-state index contributed by atoms with van der Waals surface area (Å²) in [4.78, 5) is 11.6. The van der Waals surface area contributed by atoms with E-state index in [1.54, 1.807) is 45.0 Å². The minimum atomic E-state index is -4.47. The average Bonchev–Trinajstić information content (AvgIpc) is 3.21. The molecule has 8 aromatic rings. The van der Waals surface area contributed by atoms with Crippen molar-refractivity contribution < 1.29 is 59.9 Å². The summed E-state index contributed by atoms with van der Waals surface area (Å²) in [5.74, 6) is -1.22. The molecule has 64 heavy (non-hydrogen) atoms. The van der Waals surface area contributed by atoms with Gasteiger partial charge in [-0.1, -0.05) is 78.2 Å². The molecule has 0 atom stereocenters. The van der Waals surface area contributed by atoms with E-state index in [0.717, 1.165) is 47.5 Å². The molecule has 3 aromatic heterocycles. The summed E-state index contributed by atoms with van der Waals surface area (Å²) in [6.45, 7) is 4.90. The van der Waals surface area contributed by atoms with Gasteiger partial charge in [-0.3, -0.25) is 9.97 Å². The quantitative estimate of drug-likeness (QED) is 0.126. The number of halogens is 9. The standard InChI is InChI=1S/C13H9NO.3C11H8F3NO.Al/c14-9-10-1-3-11(4-2-10)12-5-7-13(15)8-6-12;3*1-6-2-3-7-8(11(12,13)14)4-5-9(16)10(7)15-6;/h1-8,15H;3*2-5,16H,1H3;/q;;;;+3/p-3. The van der Waals surface area contributed by atoms with E-state index in [4.69, 9.17) is 5.26 Å². The SMILES string of the molecule is Cc1ccc2c(C(F)(F)F)ccc(O)c2n1.Cc1ccc2c(C(F)(F)F)ccc([O-])c2n1.Cc1ccc2c(C(F)(F)F)ccc([O-])c2n1.N#Cc1ccc(-c2ccc([O-])cc2)cc1.[Al+3]. The third-order valence-corrected chi connectivity index (χ3v) is 9.01. The summed E-state index contributed by atoms with van der Waals surface area (Å²) in [5, 5.41) is 51.4. The van der Waals surface area contributed by atoms with Crippen molar-refractivity contribution >= 4 is 50.1 Å². The molecule has 0 saturated carbocycles. The van der Waals surface area contributed by atoms with E-state index in [9.17, 15) is 59.9 Å². The van der Waals surface area contributed by atoms with Crippen LogP contribution < -0.4 is 15.3 Å². The van der Waals surface area contributed by atoms with Crippen molar-refractivity contribution in [3.8, 4) is 40.2 Å². The van der Waals surface area contributed by atoms with Crippen molar-refractivity contribution in [2.24, 2.45) is 0 Å². The smallest absolute Gasteiger partial charge is 0.872 e. The van der Waals surface area contributed by atoms with Crippen molar-refractivity contribution in [3.05, 3.63) is 161 Å². The monoisotopic (exact) mass is 900 g/mol. The molecule has 1 N–H and O–H groups in total. The fraction of sp³-hybridized carbons (Fsp3) is 0.130. The number of alkyl halides is 9. The number of fused-ring (bicyclic) bond motifs is 3. The van der Waals surface area contributed by atoms with Crippen LogP contribution in [0, 0.1) is 32.1 Å². The van der Waals surface area contributed by atoms with Gasteiger partial charge < -0.3 is 20.4 Å². The molecule has 0 bridgehead atoms. The molecule has 0 saturated heterocycles. The van der Waals surface area contributed by atoms with Crippen LogP contribution in [0.15, 0.2) is 121 Å². The molecule has 0 amide bonds. The Morgan fingerprint density at radius 1 is 0.453 bits per heavy atom. The van der Waals surface area contributed by atoms with E-state index in [1.165, 1.54) is 48.5 Å². The third-order valence-electron chi connectivity index (χ3n) is 9.01. The van der Waals surface area contributed by atoms with E-state index in [2.05, 4.69) is 21.0 Å². The van der Waals surface area contributed by atoms with E-state index in [0.29, 0.717) is 22.6 Å². The molecule has 8 nitrogen and oxygen atoms in total. The van der Waals surface area contributed by atoms with Crippen LogP contribution in [0.25, 0.3) is 43.8 Å². The molecule has 0 spiro atoms. The number of hydrogen-bond donors (Lipinski definition) is 1. The topological polar surface area (TPSA) is 152 Å². The second-order valence-corrected chi connectivity index (χ2v) is 13.6. The molecule has 5 aromatic carbocycles. The van der Waals surface area contributed by atoms with Crippen LogP contribution in [0.5, 0.6) is 23.0 Å². The Balaban J connectivity index is 0.000000186. The van der Waals surface area contributed by atoms with Crippen LogP contribution in [0.2, 0.25) is 0 Å². The molecular formula is C46H30AlF9N4O4. The molecule has 18 heteroatoms. The van der Waals surface area contributed by atoms with Gasteiger partial charge in [-0.15, -0.1) is 5.75 Å². The minimum Gasteiger partial charge on any atom is -0.872 e. The summed E-state index contributed by atoms with van der Waals surface area (Å²) < 4.78 is 114. The van der Waals surface area contributed by atoms with Crippen molar-refractivity contribution in [1.29, 1.82) is 5.26 Å². The summed E-state index contributed by atoms with van der Waals surface area (Å²) >= 11 is 0. The van der Waals surface area contributed by atoms with Crippen LogP contribution in [0.1, 0.15) is 39.3 Å². The van der Waals surface area contributed by atoms with Gasteiger partial charge in [0.05, 0.1) is 39.4 Å². The van der Waals surface area contributed by atoms with E-state index >= 15 is 0 Å². The van der Waals surface area contributed by atoms with Gasteiger partial charge in [0.15, 0.2) is 0 Å². The van der Waals surface area contributed by atoms with Gasteiger partial charge in [0, 0.05) is 33.2 Å². The number of hydrogen-bond acceptors (Lipinski definition) is 8. The van der Waals surface area contributed by atoms with Crippen molar-refractivity contribution in [2.45, 2.75) is 39.3 Å². The van der Waals surface area contributed by atoms with Gasteiger partial charge in [-0.25, -0.2) is 4.98 Å². The van der Waals surface area contributed by atoms with Crippen LogP contribution in [-0.2, 0) is 18.5 Å². The zero-order valence-electron chi connectivity index (χ0n) is 33.5. The molecule has 0 aliphatic carbocycles. The number of aromatic hydroxyl groups is 1. The summed E-state index contributed by atoms with van der Waals surface area (Å²) in [5.41, 5.74) is 1.51. The first-order valence-electron chi connectivity index (χ1n) is 18.2. The van der Waals surface area contributed by atoms with Gasteiger partial charge in [0.2, 0.25) is 0 Å². The molecule has 0 fully saturated rings. The Kier molecular flexibility index (Phi) is 15.5. The van der Waals surface area contributed by atoms with Crippen molar-refractivity contribution in [3.63, 3.8) is 0 Å². The number of aromatic nitrogens is 3. The second-order valence-electron chi connectivity index (χ2n) is 13.6. The van der Waals surface area contributed by atoms with Crippen molar-refractivity contribution in [1.82, 2.24) is 15.0 Å². The zero-order chi connectivity index (χ0) is 46.4. The normalized spacial score (nSPS) is 11.2. The molecule has 324 valence electrons. The molecule has 0 aliphatic rings. The minimum absolute atomic E-state index is 0. The number of rotatable bonds is 1. The number of phenolic OH excluding ortho intramolecular Hbond substituents is 1. The summed E-state index contributed by atoms with van der Waals surface area (Å²) in [6, 6.07) is 29.5. The maximum absolute atomic E-state index is 12.6. The van der Waals surface area contributed by atoms with E-state index < -0.39 is 46.7 Å². The summed E-state index contributed by atoms with van der Waals surface area (Å²) in [7, 11) is 0. The van der Waals surface area contributed by atoms with E-state index in [1.807, 2.05) is 12.1 Å². The Labute approximate surface area is 369 Å². The summed E-state index contributed by atoms with van der Waals surface area (Å²) in [6.07, 6.45) is -13.4. The second kappa shape index (κ2) is 20.0. The average molecular weight is 901 g/mol. The maximum Gasteiger partial charge on any atom is 3.00 e. The number of benzene rings is 5. The largest absolute Gasteiger partial charge is 3.00 e. The zero-order valence-corrected chi connectivity index (χ0v) is 34.6. The number of phenols is 1. The van der Waals surface area contributed by atoms with Gasteiger partial charge in [-0.05, 0) is 86.5 Å². The van der Waals surface area contributed by atoms with Gasteiger partial charge in [-0.2, -0.15) is 44.8 Å². The molecule has 0 radical (unpaired) electrons. The van der Waals surface area contributed by atoms with Gasteiger partial charge in [0.25, 0.3) is 0 Å². The number of nitriles is 1. The fourth-order valence-electron chi connectivity index (χ4n) is 6.01. The Morgan fingerprint density at radius 2 is 0.781 bits per heavy atom. The maximum atomic E-state index is 12.6. The third kappa shape index (κ3) is 12.1. The van der Waals surface area contributed by atoms with Crippen LogP contribution in [-0.4, -0.2) is 37.4 Å². The molecule has 0 aliphatic heterocycles. The Morgan fingerprint density at radius 3 is 1.14 bits per heavy atom.